The average Bonchev–Trinajstić information content (AvgIpc) is 3.19. The Labute approximate surface area is 162 Å². The molecule has 1 aromatic heterocycles. The maximum absolute atomic E-state index is 14.1. The van der Waals surface area contributed by atoms with Crippen LogP contribution < -0.4 is 16.0 Å². The molecule has 0 saturated carbocycles. The molecular formula is C20H25FN2O5. The highest BCUT2D eigenvalue weighted by Gasteiger charge is 2.23. The van der Waals surface area contributed by atoms with Crippen LogP contribution >= 0.6 is 0 Å². The van der Waals surface area contributed by atoms with E-state index in [1.165, 1.54) is 0 Å². The van der Waals surface area contributed by atoms with Crippen molar-refractivity contribution in [2.75, 3.05) is 13.2 Å². The van der Waals surface area contributed by atoms with E-state index in [0.29, 0.717) is 23.3 Å². The molecule has 2 aromatic rings. The molecule has 152 valence electrons. The average molecular weight is 392 g/mol. The standard InChI is InChI=1S/C20H25FN2O5/c1-12-6-7-13(2)18(14(12)3)28-11-15(24)9-23-19(25)16(21)10-22(20(23)26)17-5-4-8-27-17/h6-7,10,15,17,24H,4-5,8-9,11H2,1-3H3/t15-,17+/m1/s1. The lowest BCUT2D eigenvalue weighted by Gasteiger charge is -2.19. The van der Waals surface area contributed by atoms with Gasteiger partial charge in [0, 0.05) is 6.61 Å². The van der Waals surface area contributed by atoms with E-state index in [2.05, 4.69) is 0 Å². The van der Waals surface area contributed by atoms with Crippen molar-refractivity contribution in [2.24, 2.45) is 0 Å². The Bertz CT molecular complexity index is 976. The SMILES string of the molecule is Cc1ccc(C)c(OC[C@H](O)Cn2c(=O)c(F)cn([C@@H]3CCCO3)c2=O)c1C. The zero-order valence-electron chi connectivity index (χ0n) is 16.3. The highest BCUT2D eigenvalue weighted by molar-refractivity contribution is 5.44. The van der Waals surface area contributed by atoms with Gasteiger partial charge in [0.1, 0.15) is 24.7 Å². The van der Waals surface area contributed by atoms with Gasteiger partial charge in [0.25, 0.3) is 5.56 Å². The van der Waals surface area contributed by atoms with Gasteiger partial charge in [-0.05, 0) is 50.3 Å². The number of aryl methyl sites for hydroxylation is 2. The van der Waals surface area contributed by atoms with Crippen LogP contribution in [0.5, 0.6) is 5.75 Å². The molecule has 1 N–H and O–H groups in total. The van der Waals surface area contributed by atoms with E-state index in [9.17, 15) is 19.1 Å². The zero-order valence-corrected chi connectivity index (χ0v) is 16.3. The molecule has 1 aliphatic heterocycles. The fourth-order valence-electron chi connectivity index (χ4n) is 3.33. The van der Waals surface area contributed by atoms with Crippen molar-refractivity contribution in [1.82, 2.24) is 9.13 Å². The second-order valence-electron chi connectivity index (χ2n) is 7.17. The summed E-state index contributed by atoms with van der Waals surface area (Å²) in [7, 11) is 0. The van der Waals surface area contributed by atoms with E-state index in [1.54, 1.807) is 0 Å². The molecule has 2 atom stereocenters. The number of benzene rings is 1. The molecule has 0 bridgehead atoms. The number of aliphatic hydroxyl groups excluding tert-OH is 1. The topological polar surface area (TPSA) is 82.7 Å². The van der Waals surface area contributed by atoms with Crippen LogP contribution in [0.3, 0.4) is 0 Å². The van der Waals surface area contributed by atoms with Crippen molar-refractivity contribution >= 4 is 0 Å². The third-order valence-corrected chi connectivity index (χ3v) is 5.06. The highest BCUT2D eigenvalue weighted by atomic mass is 19.1. The fraction of sp³-hybridized carbons (Fsp3) is 0.500. The molecule has 8 heteroatoms. The molecule has 28 heavy (non-hydrogen) atoms. The van der Waals surface area contributed by atoms with Crippen molar-refractivity contribution in [1.29, 1.82) is 0 Å². The lowest BCUT2D eigenvalue weighted by molar-refractivity contribution is 0.0476. The van der Waals surface area contributed by atoms with Crippen LogP contribution in [0.1, 0.15) is 35.8 Å². The van der Waals surface area contributed by atoms with Crippen LogP contribution in [0.4, 0.5) is 4.39 Å². The van der Waals surface area contributed by atoms with Gasteiger partial charge in [0.05, 0.1) is 12.7 Å². The van der Waals surface area contributed by atoms with Crippen LogP contribution in [0.2, 0.25) is 0 Å². The fourth-order valence-corrected chi connectivity index (χ4v) is 3.33. The molecule has 0 spiro atoms. The van der Waals surface area contributed by atoms with Gasteiger partial charge < -0.3 is 14.6 Å². The smallest absolute Gasteiger partial charge is 0.333 e. The van der Waals surface area contributed by atoms with Crippen LogP contribution in [0.15, 0.2) is 27.9 Å². The maximum Gasteiger partial charge on any atom is 0.333 e. The number of ether oxygens (including phenoxy) is 2. The molecule has 0 amide bonds. The number of hydrogen-bond donors (Lipinski definition) is 1. The quantitative estimate of drug-likeness (QED) is 0.811. The summed E-state index contributed by atoms with van der Waals surface area (Å²) in [6.45, 7) is 5.74. The van der Waals surface area contributed by atoms with Crippen LogP contribution in [-0.4, -0.2) is 33.6 Å². The second kappa shape index (κ2) is 8.28. The normalized spacial score (nSPS) is 17.7. The molecule has 3 rings (SSSR count). The van der Waals surface area contributed by atoms with Crippen molar-refractivity contribution in [3.63, 3.8) is 0 Å². The van der Waals surface area contributed by atoms with Gasteiger partial charge in [-0.1, -0.05) is 12.1 Å². The predicted octanol–water partition coefficient (Wildman–Crippen LogP) is 1.82. The Morgan fingerprint density at radius 2 is 2.00 bits per heavy atom. The summed E-state index contributed by atoms with van der Waals surface area (Å²) in [6.07, 6.45) is 0.433. The minimum Gasteiger partial charge on any atom is -0.490 e. The number of aliphatic hydroxyl groups is 1. The first-order valence-electron chi connectivity index (χ1n) is 9.30. The van der Waals surface area contributed by atoms with E-state index in [0.717, 1.165) is 33.9 Å². The molecule has 1 fully saturated rings. The minimum atomic E-state index is -1.16. The number of rotatable bonds is 6. The molecule has 0 unspecified atom stereocenters. The monoisotopic (exact) mass is 392 g/mol. The van der Waals surface area contributed by atoms with E-state index >= 15 is 0 Å². The van der Waals surface area contributed by atoms with Gasteiger partial charge in [-0.25, -0.2) is 4.79 Å². The lowest BCUT2D eigenvalue weighted by Crippen LogP contribution is -2.45. The summed E-state index contributed by atoms with van der Waals surface area (Å²) in [5.74, 6) is -0.406. The Morgan fingerprint density at radius 1 is 1.29 bits per heavy atom. The summed E-state index contributed by atoms with van der Waals surface area (Å²) in [6, 6.07) is 3.90. The maximum atomic E-state index is 14.1. The van der Waals surface area contributed by atoms with Crippen LogP contribution in [0.25, 0.3) is 0 Å². The molecule has 1 aromatic carbocycles. The lowest BCUT2D eigenvalue weighted by atomic mass is 10.1. The molecule has 1 saturated heterocycles. The molecule has 7 nitrogen and oxygen atoms in total. The van der Waals surface area contributed by atoms with E-state index in [-0.39, 0.29) is 13.2 Å². The third kappa shape index (κ3) is 4.02. The minimum absolute atomic E-state index is 0.131. The van der Waals surface area contributed by atoms with Crippen molar-refractivity contribution in [2.45, 2.75) is 52.5 Å². The Morgan fingerprint density at radius 3 is 2.68 bits per heavy atom. The highest BCUT2D eigenvalue weighted by Crippen LogP contribution is 2.26. The first-order valence-corrected chi connectivity index (χ1v) is 9.30. The molecule has 0 radical (unpaired) electrons. The van der Waals surface area contributed by atoms with Gasteiger partial charge in [-0.15, -0.1) is 0 Å². The Kier molecular flexibility index (Phi) is 6.00. The molecule has 0 aliphatic carbocycles. The van der Waals surface area contributed by atoms with E-state index in [4.69, 9.17) is 9.47 Å². The van der Waals surface area contributed by atoms with Crippen LogP contribution in [0, 0.1) is 26.6 Å². The first-order chi connectivity index (χ1) is 13.3. The molecule has 1 aliphatic rings. The number of halogens is 1. The molecule has 2 heterocycles. The van der Waals surface area contributed by atoms with Crippen molar-refractivity contribution < 1.29 is 19.0 Å². The van der Waals surface area contributed by atoms with Gasteiger partial charge in [0.15, 0.2) is 0 Å². The third-order valence-electron chi connectivity index (χ3n) is 5.06. The van der Waals surface area contributed by atoms with Crippen molar-refractivity contribution in [3.05, 3.63) is 61.7 Å². The van der Waals surface area contributed by atoms with Gasteiger partial charge >= 0.3 is 5.69 Å². The Hall–Kier alpha value is -2.45. The number of hydrogen-bond acceptors (Lipinski definition) is 5. The number of nitrogens with zero attached hydrogens (tertiary/aromatic N) is 2. The number of aromatic nitrogens is 2. The first kappa shape index (κ1) is 20.3. The Balaban J connectivity index is 1.79. The second-order valence-corrected chi connectivity index (χ2v) is 7.17. The molecular weight excluding hydrogens is 367 g/mol. The largest absolute Gasteiger partial charge is 0.490 e. The summed E-state index contributed by atoms with van der Waals surface area (Å²) < 4.78 is 27.0. The van der Waals surface area contributed by atoms with Gasteiger partial charge in [-0.2, -0.15) is 4.39 Å². The van der Waals surface area contributed by atoms with E-state index < -0.39 is 29.4 Å². The van der Waals surface area contributed by atoms with Gasteiger partial charge in [-0.3, -0.25) is 13.9 Å². The summed E-state index contributed by atoms with van der Waals surface area (Å²) in [5.41, 5.74) is 1.15. The van der Waals surface area contributed by atoms with Crippen molar-refractivity contribution in [3.8, 4) is 5.75 Å². The predicted molar refractivity (Wildman–Crippen MR) is 101 cm³/mol. The zero-order chi connectivity index (χ0) is 20.4. The summed E-state index contributed by atoms with van der Waals surface area (Å²) >= 11 is 0. The van der Waals surface area contributed by atoms with E-state index in [1.807, 2.05) is 32.9 Å². The van der Waals surface area contributed by atoms with Gasteiger partial charge in [0.2, 0.25) is 5.82 Å². The van der Waals surface area contributed by atoms with Crippen LogP contribution in [-0.2, 0) is 11.3 Å². The summed E-state index contributed by atoms with van der Waals surface area (Å²) in [5, 5.41) is 10.3. The summed E-state index contributed by atoms with van der Waals surface area (Å²) in [4.78, 5) is 24.7.